The van der Waals surface area contributed by atoms with E-state index >= 15 is 0 Å². The summed E-state index contributed by atoms with van der Waals surface area (Å²) >= 11 is 0. The zero-order valence-corrected chi connectivity index (χ0v) is 8.70. The Balaban J connectivity index is 2.51. The Morgan fingerprint density at radius 1 is 1.29 bits per heavy atom. The van der Waals surface area contributed by atoms with Gasteiger partial charge in [0.15, 0.2) is 0 Å². The third-order valence-electron chi connectivity index (χ3n) is 2.81. The molecule has 1 heterocycles. The number of aromatic nitrogens is 1. The molecule has 1 atom stereocenters. The van der Waals surface area contributed by atoms with E-state index in [9.17, 15) is 0 Å². The Kier molecular flexibility index (Phi) is 2.49. The molecule has 1 heteroatoms. The van der Waals surface area contributed by atoms with Crippen LogP contribution in [0.25, 0.3) is 10.9 Å². The van der Waals surface area contributed by atoms with E-state index in [2.05, 4.69) is 43.1 Å². The van der Waals surface area contributed by atoms with Crippen LogP contribution in [0.15, 0.2) is 36.5 Å². The SMILES string of the molecule is CC[C@H](C)c1ccc2ncccc2c1. The Morgan fingerprint density at radius 3 is 2.93 bits per heavy atom. The Hall–Kier alpha value is -1.37. The lowest BCUT2D eigenvalue weighted by Crippen LogP contribution is -1.91. The number of hydrogen-bond acceptors (Lipinski definition) is 1. The van der Waals surface area contributed by atoms with E-state index in [0.717, 1.165) is 5.52 Å². The van der Waals surface area contributed by atoms with Crippen LogP contribution in [0, 0.1) is 0 Å². The first kappa shape index (κ1) is 9.20. The average Bonchev–Trinajstić information content (AvgIpc) is 2.27. The molecule has 0 bridgehead atoms. The molecule has 0 amide bonds. The van der Waals surface area contributed by atoms with Gasteiger partial charge in [-0.25, -0.2) is 0 Å². The van der Waals surface area contributed by atoms with E-state index in [1.807, 2.05) is 12.3 Å². The molecule has 0 aliphatic rings. The van der Waals surface area contributed by atoms with Gasteiger partial charge in [-0.2, -0.15) is 0 Å². The van der Waals surface area contributed by atoms with Crippen LogP contribution >= 0.6 is 0 Å². The molecule has 0 radical (unpaired) electrons. The molecule has 2 rings (SSSR count). The molecular formula is C13H15N. The largest absolute Gasteiger partial charge is 0.256 e. The highest BCUT2D eigenvalue weighted by molar-refractivity contribution is 5.79. The summed E-state index contributed by atoms with van der Waals surface area (Å²) in [7, 11) is 0. The minimum absolute atomic E-state index is 0.639. The summed E-state index contributed by atoms with van der Waals surface area (Å²) in [5, 5.41) is 1.24. The lowest BCUT2D eigenvalue weighted by molar-refractivity contribution is 0.734. The van der Waals surface area contributed by atoms with Crippen molar-refractivity contribution < 1.29 is 0 Å². The summed E-state index contributed by atoms with van der Waals surface area (Å²) in [6.07, 6.45) is 3.02. The van der Waals surface area contributed by atoms with Crippen molar-refractivity contribution in [2.45, 2.75) is 26.2 Å². The van der Waals surface area contributed by atoms with E-state index in [0.29, 0.717) is 5.92 Å². The van der Waals surface area contributed by atoms with Crippen molar-refractivity contribution in [2.24, 2.45) is 0 Å². The van der Waals surface area contributed by atoms with Crippen LogP contribution in [-0.2, 0) is 0 Å². The maximum Gasteiger partial charge on any atom is 0.0702 e. The van der Waals surface area contributed by atoms with Gasteiger partial charge in [-0.15, -0.1) is 0 Å². The number of pyridine rings is 1. The van der Waals surface area contributed by atoms with Crippen LogP contribution in [0.2, 0.25) is 0 Å². The molecule has 14 heavy (non-hydrogen) atoms. The topological polar surface area (TPSA) is 12.9 Å². The van der Waals surface area contributed by atoms with Gasteiger partial charge in [0.2, 0.25) is 0 Å². The van der Waals surface area contributed by atoms with E-state index in [-0.39, 0.29) is 0 Å². The van der Waals surface area contributed by atoms with Crippen LogP contribution < -0.4 is 0 Å². The van der Waals surface area contributed by atoms with Crippen molar-refractivity contribution >= 4 is 10.9 Å². The number of fused-ring (bicyclic) bond motifs is 1. The molecular weight excluding hydrogens is 170 g/mol. The normalized spacial score (nSPS) is 13.0. The summed E-state index contributed by atoms with van der Waals surface area (Å²) < 4.78 is 0. The highest BCUT2D eigenvalue weighted by Gasteiger charge is 2.03. The molecule has 1 aromatic carbocycles. The second-order valence-corrected chi connectivity index (χ2v) is 3.76. The fourth-order valence-electron chi connectivity index (χ4n) is 1.64. The van der Waals surface area contributed by atoms with Gasteiger partial charge in [0.1, 0.15) is 0 Å². The summed E-state index contributed by atoms with van der Waals surface area (Å²) in [4.78, 5) is 4.31. The summed E-state index contributed by atoms with van der Waals surface area (Å²) in [6, 6.07) is 10.6. The number of benzene rings is 1. The van der Waals surface area contributed by atoms with Crippen molar-refractivity contribution in [1.82, 2.24) is 4.98 Å². The van der Waals surface area contributed by atoms with Crippen LogP contribution in [0.5, 0.6) is 0 Å². The first-order valence-electron chi connectivity index (χ1n) is 5.16. The van der Waals surface area contributed by atoms with Crippen molar-refractivity contribution in [2.75, 3.05) is 0 Å². The van der Waals surface area contributed by atoms with Crippen LogP contribution in [0.1, 0.15) is 31.7 Å². The minimum atomic E-state index is 0.639. The van der Waals surface area contributed by atoms with Gasteiger partial charge < -0.3 is 0 Å². The molecule has 0 aliphatic carbocycles. The number of nitrogens with zero attached hydrogens (tertiary/aromatic N) is 1. The molecule has 0 saturated carbocycles. The van der Waals surface area contributed by atoms with Crippen LogP contribution in [-0.4, -0.2) is 4.98 Å². The Bertz CT molecular complexity index is 434. The summed E-state index contributed by atoms with van der Waals surface area (Å²) in [6.45, 7) is 4.48. The monoisotopic (exact) mass is 185 g/mol. The first-order chi connectivity index (χ1) is 6.81. The second-order valence-electron chi connectivity index (χ2n) is 3.76. The fraction of sp³-hybridized carbons (Fsp3) is 0.308. The third kappa shape index (κ3) is 1.63. The zero-order valence-electron chi connectivity index (χ0n) is 8.70. The molecule has 2 aromatic rings. The van der Waals surface area contributed by atoms with Gasteiger partial charge in [0, 0.05) is 11.6 Å². The molecule has 72 valence electrons. The highest BCUT2D eigenvalue weighted by atomic mass is 14.6. The minimum Gasteiger partial charge on any atom is -0.256 e. The third-order valence-corrected chi connectivity index (χ3v) is 2.81. The van der Waals surface area contributed by atoms with Crippen molar-refractivity contribution in [3.63, 3.8) is 0 Å². The number of hydrogen-bond donors (Lipinski definition) is 0. The standard InChI is InChI=1S/C13H15N/c1-3-10(2)11-6-7-13-12(9-11)5-4-8-14-13/h4-10H,3H2,1-2H3/t10-/m0/s1. The molecule has 0 N–H and O–H groups in total. The van der Waals surface area contributed by atoms with Crippen molar-refractivity contribution in [1.29, 1.82) is 0 Å². The Morgan fingerprint density at radius 2 is 2.14 bits per heavy atom. The quantitative estimate of drug-likeness (QED) is 0.694. The maximum atomic E-state index is 4.31. The molecule has 0 saturated heterocycles. The van der Waals surface area contributed by atoms with Gasteiger partial charge in [-0.3, -0.25) is 4.98 Å². The van der Waals surface area contributed by atoms with Crippen LogP contribution in [0.4, 0.5) is 0 Å². The molecule has 0 spiro atoms. The zero-order chi connectivity index (χ0) is 9.97. The van der Waals surface area contributed by atoms with Gasteiger partial charge in [-0.1, -0.05) is 26.0 Å². The lowest BCUT2D eigenvalue weighted by atomic mass is 9.97. The maximum absolute atomic E-state index is 4.31. The van der Waals surface area contributed by atoms with E-state index < -0.39 is 0 Å². The molecule has 1 nitrogen and oxygen atoms in total. The van der Waals surface area contributed by atoms with Crippen molar-refractivity contribution in [3.8, 4) is 0 Å². The predicted octanol–water partition coefficient (Wildman–Crippen LogP) is 3.75. The second kappa shape index (κ2) is 3.79. The van der Waals surface area contributed by atoms with Crippen LogP contribution in [0.3, 0.4) is 0 Å². The average molecular weight is 185 g/mol. The molecule has 0 aliphatic heterocycles. The molecule has 0 fully saturated rings. The Labute approximate surface area is 84.8 Å². The summed E-state index contributed by atoms with van der Waals surface area (Å²) in [5.41, 5.74) is 2.49. The van der Waals surface area contributed by atoms with Gasteiger partial charge in [0.05, 0.1) is 5.52 Å². The van der Waals surface area contributed by atoms with Gasteiger partial charge in [-0.05, 0) is 36.1 Å². The first-order valence-corrected chi connectivity index (χ1v) is 5.16. The van der Waals surface area contributed by atoms with E-state index in [1.165, 1.54) is 17.4 Å². The van der Waals surface area contributed by atoms with Gasteiger partial charge in [0.25, 0.3) is 0 Å². The van der Waals surface area contributed by atoms with E-state index in [4.69, 9.17) is 0 Å². The molecule has 1 aromatic heterocycles. The van der Waals surface area contributed by atoms with Crippen molar-refractivity contribution in [3.05, 3.63) is 42.1 Å². The smallest absolute Gasteiger partial charge is 0.0702 e. The molecule has 0 unspecified atom stereocenters. The lowest BCUT2D eigenvalue weighted by Gasteiger charge is -2.09. The number of rotatable bonds is 2. The summed E-state index contributed by atoms with van der Waals surface area (Å²) in [5.74, 6) is 0.639. The fourth-order valence-corrected chi connectivity index (χ4v) is 1.64. The van der Waals surface area contributed by atoms with Gasteiger partial charge >= 0.3 is 0 Å². The predicted molar refractivity (Wildman–Crippen MR) is 60.4 cm³/mol. The highest BCUT2D eigenvalue weighted by Crippen LogP contribution is 2.22. The van der Waals surface area contributed by atoms with E-state index in [1.54, 1.807) is 0 Å².